The van der Waals surface area contributed by atoms with Gasteiger partial charge < -0.3 is 10.1 Å². The van der Waals surface area contributed by atoms with Gasteiger partial charge in [-0.1, -0.05) is 85.5 Å². The van der Waals surface area contributed by atoms with Gasteiger partial charge in [0.2, 0.25) is 5.91 Å². The third kappa shape index (κ3) is 6.92. The van der Waals surface area contributed by atoms with Crippen molar-refractivity contribution in [3.63, 3.8) is 0 Å². The van der Waals surface area contributed by atoms with Gasteiger partial charge in [0.05, 0.1) is 26.5 Å². The minimum atomic E-state index is -0.268. The Morgan fingerprint density at radius 3 is 2.44 bits per heavy atom. The van der Waals surface area contributed by atoms with Gasteiger partial charge in [-0.15, -0.1) is 16.8 Å². The van der Waals surface area contributed by atoms with E-state index in [1.807, 2.05) is 16.7 Å². The third-order valence-corrected chi connectivity index (χ3v) is 6.81. The maximum absolute atomic E-state index is 12.4. The number of thioether (sulfide) groups is 1. The Labute approximate surface area is 218 Å². The van der Waals surface area contributed by atoms with E-state index < -0.39 is 0 Å². The topological polar surface area (TPSA) is 69.0 Å². The maximum atomic E-state index is 12.4. The molecule has 0 atom stereocenters. The number of nitrogens with one attached hydrogen (secondary N) is 1. The van der Waals surface area contributed by atoms with E-state index in [1.54, 1.807) is 6.08 Å². The Balaban J connectivity index is 1.62. The molecule has 0 saturated heterocycles. The Hall–Kier alpha value is -2.19. The molecule has 0 bridgehead atoms. The number of allylic oxidation sites excluding steroid dienone is 1. The molecule has 2 aromatic carbocycles. The van der Waals surface area contributed by atoms with Crippen molar-refractivity contribution in [2.75, 3.05) is 11.1 Å². The molecule has 3 aromatic rings. The minimum Gasteiger partial charge on any atom is -0.486 e. The fourth-order valence-corrected chi connectivity index (χ4v) is 4.34. The van der Waals surface area contributed by atoms with Gasteiger partial charge in [-0.3, -0.25) is 9.36 Å². The summed E-state index contributed by atoms with van der Waals surface area (Å²) in [5, 5.41) is 12.7. The summed E-state index contributed by atoms with van der Waals surface area (Å²) in [6.45, 7) is 11.0. The van der Waals surface area contributed by atoms with E-state index in [0.717, 1.165) is 5.75 Å². The Bertz CT molecular complexity index is 1170. The molecule has 1 aromatic heterocycles. The van der Waals surface area contributed by atoms with Crippen LogP contribution in [-0.4, -0.2) is 26.4 Å². The normalized spacial score (nSPS) is 11.4. The first kappa shape index (κ1) is 26.4. The molecule has 0 aliphatic heterocycles. The Kier molecular flexibility index (Phi) is 8.93. The molecule has 10 heteroatoms. The van der Waals surface area contributed by atoms with E-state index in [2.05, 4.69) is 55.0 Å². The lowest BCUT2D eigenvalue weighted by Crippen LogP contribution is -2.15. The van der Waals surface area contributed by atoms with Crippen LogP contribution in [-0.2, 0) is 23.4 Å². The van der Waals surface area contributed by atoms with Gasteiger partial charge in [-0.05, 0) is 35.2 Å². The average molecular weight is 540 g/mol. The highest BCUT2D eigenvalue weighted by molar-refractivity contribution is 7.99. The number of halogens is 3. The summed E-state index contributed by atoms with van der Waals surface area (Å²) in [7, 11) is 0. The van der Waals surface area contributed by atoms with Gasteiger partial charge in [0.25, 0.3) is 0 Å². The highest BCUT2D eigenvalue weighted by atomic mass is 35.5. The number of rotatable bonds is 9. The molecule has 0 fully saturated rings. The summed E-state index contributed by atoms with van der Waals surface area (Å²) in [5.41, 5.74) is 1.70. The quantitative estimate of drug-likeness (QED) is 0.180. The fraction of sp³-hybridized carbons (Fsp3) is 0.292. The highest BCUT2D eigenvalue weighted by Gasteiger charge is 2.16. The van der Waals surface area contributed by atoms with E-state index in [1.165, 1.54) is 29.5 Å². The number of nitrogens with zero attached hydrogens (tertiary/aromatic N) is 3. The first-order valence-electron chi connectivity index (χ1n) is 10.4. The number of benzene rings is 2. The summed E-state index contributed by atoms with van der Waals surface area (Å²) in [6.07, 6.45) is 1.74. The largest absolute Gasteiger partial charge is 0.486 e. The van der Waals surface area contributed by atoms with Crippen molar-refractivity contribution in [2.24, 2.45) is 0 Å². The number of carbonyl (C=O) groups excluding carboxylic acids is 1. The Morgan fingerprint density at radius 1 is 1.12 bits per heavy atom. The predicted molar refractivity (Wildman–Crippen MR) is 141 cm³/mol. The highest BCUT2D eigenvalue weighted by Crippen LogP contribution is 2.32. The van der Waals surface area contributed by atoms with Crippen LogP contribution in [0, 0.1) is 0 Å². The van der Waals surface area contributed by atoms with Gasteiger partial charge in [-0.2, -0.15) is 0 Å². The summed E-state index contributed by atoms with van der Waals surface area (Å²) in [4.78, 5) is 12.4. The summed E-state index contributed by atoms with van der Waals surface area (Å²) in [5.74, 6) is 1.21. The van der Waals surface area contributed by atoms with Crippen LogP contribution in [0.3, 0.4) is 0 Å². The number of ether oxygens (including phenoxy) is 1. The zero-order valence-corrected chi connectivity index (χ0v) is 22.2. The average Bonchev–Trinajstić information content (AvgIpc) is 3.16. The van der Waals surface area contributed by atoms with Gasteiger partial charge in [-0.25, -0.2) is 0 Å². The second kappa shape index (κ2) is 11.5. The van der Waals surface area contributed by atoms with Crippen molar-refractivity contribution < 1.29 is 9.53 Å². The zero-order chi connectivity index (χ0) is 24.9. The lowest BCUT2D eigenvalue weighted by Gasteiger charge is -2.19. The van der Waals surface area contributed by atoms with Crippen molar-refractivity contribution >= 4 is 58.2 Å². The van der Waals surface area contributed by atoms with Crippen molar-refractivity contribution in [2.45, 2.75) is 44.5 Å². The van der Waals surface area contributed by atoms with Crippen molar-refractivity contribution in [1.82, 2.24) is 14.8 Å². The second-order valence-corrected chi connectivity index (χ2v) is 10.6. The smallest absolute Gasteiger partial charge is 0.234 e. The Morgan fingerprint density at radius 2 is 1.79 bits per heavy atom. The van der Waals surface area contributed by atoms with E-state index >= 15 is 0 Å². The predicted octanol–water partition coefficient (Wildman–Crippen LogP) is 7.03. The third-order valence-electron chi connectivity index (χ3n) is 4.81. The number of aromatic nitrogens is 3. The van der Waals surface area contributed by atoms with E-state index in [-0.39, 0.29) is 23.7 Å². The van der Waals surface area contributed by atoms with E-state index in [0.29, 0.717) is 38.3 Å². The van der Waals surface area contributed by atoms with Crippen LogP contribution in [0.5, 0.6) is 5.75 Å². The standard InChI is InChI=1S/C24H25Cl3N4O2S/c1-5-10-31-21(13-33-16-8-6-15(7-9-16)24(2,3)4)29-30-23(31)34-14-22(32)28-20-12-18(26)17(25)11-19(20)27/h5-9,11-12H,1,10,13-14H2,2-4H3,(H,28,32). The monoisotopic (exact) mass is 538 g/mol. The number of hydrogen-bond donors (Lipinski definition) is 1. The second-order valence-electron chi connectivity index (χ2n) is 8.44. The fourth-order valence-electron chi connectivity index (χ4n) is 2.98. The molecular formula is C24H25Cl3N4O2S. The molecule has 0 radical (unpaired) electrons. The molecule has 6 nitrogen and oxygen atoms in total. The number of hydrogen-bond acceptors (Lipinski definition) is 5. The summed E-state index contributed by atoms with van der Waals surface area (Å²) in [6, 6.07) is 11.0. The molecule has 0 spiro atoms. The SMILES string of the molecule is C=CCn1c(COc2ccc(C(C)(C)C)cc2)nnc1SCC(=O)Nc1cc(Cl)c(Cl)cc1Cl. The first-order chi connectivity index (χ1) is 16.1. The lowest BCUT2D eigenvalue weighted by molar-refractivity contribution is -0.113. The molecular weight excluding hydrogens is 515 g/mol. The minimum absolute atomic E-state index is 0.0756. The number of amides is 1. The molecule has 3 rings (SSSR count). The first-order valence-corrected chi connectivity index (χ1v) is 12.5. The van der Waals surface area contributed by atoms with Crippen LogP contribution >= 0.6 is 46.6 Å². The van der Waals surface area contributed by atoms with Crippen LogP contribution < -0.4 is 10.1 Å². The zero-order valence-electron chi connectivity index (χ0n) is 19.1. The maximum Gasteiger partial charge on any atom is 0.234 e. The molecule has 0 unspecified atom stereocenters. The molecule has 1 heterocycles. The lowest BCUT2D eigenvalue weighted by atomic mass is 9.87. The molecule has 34 heavy (non-hydrogen) atoms. The van der Waals surface area contributed by atoms with Crippen LogP contribution in [0.2, 0.25) is 15.1 Å². The van der Waals surface area contributed by atoms with Gasteiger partial charge in [0.15, 0.2) is 11.0 Å². The number of carbonyl (C=O) groups is 1. The van der Waals surface area contributed by atoms with Crippen molar-refractivity contribution in [3.8, 4) is 5.75 Å². The molecule has 0 aliphatic carbocycles. The summed E-state index contributed by atoms with van der Waals surface area (Å²) < 4.78 is 7.78. The van der Waals surface area contributed by atoms with Crippen LogP contribution in [0.25, 0.3) is 0 Å². The summed E-state index contributed by atoms with van der Waals surface area (Å²) >= 11 is 19.3. The van der Waals surface area contributed by atoms with Crippen LogP contribution in [0.1, 0.15) is 32.2 Å². The molecule has 1 N–H and O–H groups in total. The van der Waals surface area contributed by atoms with Gasteiger partial charge in [0.1, 0.15) is 12.4 Å². The molecule has 1 amide bonds. The van der Waals surface area contributed by atoms with Crippen molar-refractivity contribution in [1.29, 1.82) is 0 Å². The number of anilines is 1. The molecule has 180 valence electrons. The van der Waals surface area contributed by atoms with Crippen molar-refractivity contribution in [3.05, 3.63) is 75.5 Å². The van der Waals surface area contributed by atoms with Gasteiger partial charge in [0, 0.05) is 6.54 Å². The van der Waals surface area contributed by atoms with E-state index in [4.69, 9.17) is 39.5 Å². The molecule has 0 saturated carbocycles. The van der Waals surface area contributed by atoms with E-state index in [9.17, 15) is 4.79 Å². The molecule has 0 aliphatic rings. The van der Waals surface area contributed by atoms with Crippen LogP contribution in [0.4, 0.5) is 5.69 Å². The van der Waals surface area contributed by atoms with Crippen LogP contribution in [0.15, 0.2) is 54.2 Å². The van der Waals surface area contributed by atoms with Gasteiger partial charge >= 0.3 is 0 Å².